The molecule has 0 aliphatic heterocycles. The van der Waals surface area contributed by atoms with Crippen LogP contribution in [0, 0.1) is 5.92 Å². The quantitative estimate of drug-likeness (QED) is 0.562. The van der Waals surface area contributed by atoms with Crippen molar-refractivity contribution in [2.45, 2.75) is 60.0 Å². The Morgan fingerprint density at radius 2 is 1.43 bits per heavy atom. The topological polar surface area (TPSA) is 33.7 Å². The van der Waals surface area contributed by atoms with Crippen molar-refractivity contribution in [2.75, 3.05) is 46.1 Å². The van der Waals surface area contributed by atoms with Crippen molar-refractivity contribution in [1.82, 2.24) is 10.2 Å². The van der Waals surface area contributed by atoms with E-state index in [1.165, 1.54) is 0 Å². The summed E-state index contributed by atoms with van der Waals surface area (Å²) in [7, 11) is 0. The van der Waals surface area contributed by atoms with Gasteiger partial charge in [-0.05, 0) is 54.0 Å². The number of hydrogen-bond acceptors (Lipinski definition) is 4. The highest BCUT2D eigenvalue weighted by Gasteiger charge is 2.21. The van der Waals surface area contributed by atoms with Gasteiger partial charge in [0.05, 0.1) is 13.2 Å². The van der Waals surface area contributed by atoms with Crippen LogP contribution in [0.5, 0.6) is 0 Å². The van der Waals surface area contributed by atoms with E-state index >= 15 is 0 Å². The summed E-state index contributed by atoms with van der Waals surface area (Å²) in [6, 6.07) is 0.515. The van der Waals surface area contributed by atoms with Gasteiger partial charge < -0.3 is 14.8 Å². The summed E-state index contributed by atoms with van der Waals surface area (Å²) in [6.07, 6.45) is 0. The van der Waals surface area contributed by atoms with E-state index in [0.29, 0.717) is 12.0 Å². The first-order valence-electron chi connectivity index (χ1n) is 8.46. The summed E-state index contributed by atoms with van der Waals surface area (Å²) < 4.78 is 11.0. The number of nitrogens with one attached hydrogen (secondary N) is 1. The lowest BCUT2D eigenvalue weighted by atomic mass is 10.00. The van der Waals surface area contributed by atoms with Gasteiger partial charge in [0.15, 0.2) is 0 Å². The Kier molecular flexibility index (Phi) is 11.3. The molecule has 0 aromatic heterocycles. The molecule has 1 N–H and O–H groups in total. The highest BCUT2D eigenvalue weighted by Crippen LogP contribution is 2.12. The molecule has 0 amide bonds. The van der Waals surface area contributed by atoms with E-state index < -0.39 is 0 Å². The standard InChI is InChI=1S/C17H38N2O2/c1-8-20-12-10-19(11-13-21-9-2)16(4)15(3)14-18-17(5,6)7/h15-16,18H,8-14H2,1-7H3. The molecule has 2 unspecified atom stereocenters. The Labute approximate surface area is 132 Å². The third-order valence-corrected chi connectivity index (χ3v) is 3.81. The largest absolute Gasteiger partial charge is 0.380 e. The van der Waals surface area contributed by atoms with E-state index in [4.69, 9.17) is 9.47 Å². The van der Waals surface area contributed by atoms with Crippen LogP contribution in [0.2, 0.25) is 0 Å². The van der Waals surface area contributed by atoms with E-state index in [1.54, 1.807) is 0 Å². The monoisotopic (exact) mass is 302 g/mol. The zero-order chi connectivity index (χ0) is 16.3. The fraction of sp³-hybridized carbons (Fsp3) is 1.00. The predicted octanol–water partition coefficient (Wildman–Crippen LogP) is 2.77. The molecule has 0 bridgehead atoms. The highest BCUT2D eigenvalue weighted by molar-refractivity contribution is 4.78. The van der Waals surface area contributed by atoms with Crippen LogP contribution < -0.4 is 5.32 Å². The molecule has 21 heavy (non-hydrogen) atoms. The van der Waals surface area contributed by atoms with Crippen molar-refractivity contribution in [3.05, 3.63) is 0 Å². The van der Waals surface area contributed by atoms with Crippen molar-refractivity contribution < 1.29 is 9.47 Å². The molecular weight excluding hydrogens is 264 g/mol. The molecule has 0 aliphatic rings. The third kappa shape index (κ3) is 11.1. The molecule has 0 aliphatic carbocycles. The normalized spacial score (nSPS) is 15.4. The molecular formula is C17H38N2O2. The highest BCUT2D eigenvalue weighted by atomic mass is 16.5. The molecule has 4 heteroatoms. The Bertz CT molecular complexity index is 231. The van der Waals surface area contributed by atoms with Crippen molar-refractivity contribution in [3.8, 4) is 0 Å². The Hall–Kier alpha value is -0.160. The molecule has 0 aromatic rings. The van der Waals surface area contributed by atoms with Crippen LogP contribution >= 0.6 is 0 Å². The van der Waals surface area contributed by atoms with E-state index in [0.717, 1.165) is 46.1 Å². The van der Waals surface area contributed by atoms with Gasteiger partial charge in [-0.25, -0.2) is 0 Å². The average Bonchev–Trinajstić information content (AvgIpc) is 2.42. The smallest absolute Gasteiger partial charge is 0.0593 e. The fourth-order valence-corrected chi connectivity index (χ4v) is 2.17. The first-order chi connectivity index (χ1) is 9.81. The molecule has 4 nitrogen and oxygen atoms in total. The number of nitrogens with zero attached hydrogens (tertiary/aromatic N) is 1. The molecule has 0 radical (unpaired) electrons. The van der Waals surface area contributed by atoms with Crippen LogP contribution in [0.25, 0.3) is 0 Å². The zero-order valence-electron chi connectivity index (χ0n) is 15.4. The van der Waals surface area contributed by atoms with E-state index in [9.17, 15) is 0 Å². The molecule has 0 heterocycles. The second-order valence-corrected chi connectivity index (χ2v) is 6.78. The Morgan fingerprint density at radius 3 is 1.81 bits per heavy atom. The zero-order valence-corrected chi connectivity index (χ0v) is 15.4. The summed E-state index contributed by atoms with van der Waals surface area (Å²) in [6.45, 7) is 21.5. The molecule has 0 fully saturated rings. The van der Waals surface area contributed by atoms with Crippen LogP contribution in [0.4, 0.5) is 0 Å². The van der Waals surface area contributed by atoms with E-state index in [1.807, 2.05) is 13.8 Å². The fourth-order valence-electron chi connectivity index (χ4n) is 2.17. The number of hydrogen-bond donors (Lipinski definition) is 1. The first kappa shape index (κ1) is 20.8. The molecule has 0 spiro atoms. The second kappa shape index (κ2) is 11.4. The van der Waals surface area contributed by atoms with Crippen LogP contribution in [0.15, 0.2) is 0 Å². The van der Waals surface area contributed by atoms with Crippen molar-refractivity contribution in [2.24, 2.45) is 5.92 Å². The molecule has 0 saturated carbocycles. The maximum atomic E-state index is 5.52. The lowest BCUT2D eigenvalue weighted by molar-refractivity contribution is 0.0531. The van der Waals surface area contributed by atoms with Gasteiger partial charge in [-0.2, -0.15) is 0 Å². The molecule has 0 aromatic carbocycles. The van der Waals surface area contributed by atoms with Gasteiger partial charge in [-0.15, -0.1) is 0 Å². The Morgan fingerprint density at radius 1 is 0.952 bits per heavy atom. The molecule has 0 rings (SSSR count). The van der Waals surface area contributed by atoms with Gasteiger partial charge in [0, 0.05) is 37.9 Å². The van der Waals surface area contributed by atoms with Gasteiger partial charge in [0.25, 0.3) is 0 Å². The van der Waals surface area contributed by atoms with Crippen LogP contribution in [0.3, 0.4) is 0 Å². The molecule has 0 saturated heterocycles. The maximum Gasteiger partial charge on any atom is 0.0593 e. The van der Waals surface area contributed by atoms with Crippen LogP contribution in [-0.4, -0.2) is 62.5 Å². The van der Waals surface area contributed by atoms with E-state index in [2.05, 4.69) is 44.8 Å². The van der Waals surface area contributed by atoms with Gasteiger partial charge in [0.1, 0.15) is 0 Å². The summed E-state index contributed by atoms with van der Waals surface area (Å²) in [5, 5.41) is 3.60. The van der Waals surface area contributed by atoms with E-state index in [-0.39, 0.29) is 5.54 Å². The summed E-state index contributed by atoms with van der Waals surface area (Å²) >= 11 is 0. The average molecular weight is 303 g/mol. The Balaban J connectivity index is 4.33. The SMILES string of the molecule is CCOCCN(CCOCC)C(C)C(C)CNC(C)(C)C. The minimum Gasteiger partial charge on any atom is -0.380 e. The van der Waals surface area contributed by atoms with Crippen molar-refractivity contribution >= 4 is 0 Å². The molecule has 2 atom stereocenters. The van der Waals surface area contributed by atoms with Gasteiger partial charge in [-0.1, -0.05) is 6.92 Å². The van der Waals surface area contributed by atoms with Crippen molar-refractivity contribution in [1.29, 1.82) is 0 Å². The lowest BCUT2D eigenvalue weighted by Gasteiger charge is -2.34. The molecule has 128 valence electrons. The minimum absolute atomic E-state index is 0.176. The minimum atomic E-state index is 0.176. The summed E-state index contributed by atoms with van der Waals surface area (Å²) in [5.41, 5.74) is 0.176. The van der Waals surface area contributed by atoms with Gasteiger partial charge in [-0.3, -0.25) is 4.90 Å². The third-order valence-electron chi connectivity index (χ3n) is 3.81. The van der Waals surface area contributed by atoms with Crippen molar-refractivity contribution in [3.63, 3.8) is 0 Å². The van der Waals surface area contributed by atoms with Gasteiger partial charge in [0.2, 0.25) is 0 Å². The van der Waals surface area contributed by atoms with Crippen LogP contribution in [0.1, 0.15) is 48.5 Å². The lowest BCUT2D eigenvalue weighted by Crippen LogP contribution is -2.47. The number of ether oxygens (including phenoxy) is 2. The summed E-state index contributed by atoms with van der Waals surface area (Å²) in [5.74, 6) is 0.590. The predicted molar refractivity (Wildman–Crippen MR) is 90.9 cm³/mol. The second-order valence-electron chi connectivity index (χ2n) is 6.78. The number of rotatable bonds is 12. The van der Waals surface area contributed by atoms with Gasteiger partial charge >= 0.3 is 0 Å². The summed E-state index contributed by atoms with van der Waals surface area (Å²) in [4.78, 5) is 2.49. The first-order valence-corrected chi connectivity index (χ1v) is 8.46. The maximum absolute atomic E-state index is 5.52. The van der Waals surface area contributed by atoms with Crippen LogP contribution in [-0.2, 0) is 9.47 Å².